The van der Waals surface area contributed by atoms with Crippen LogP contribution in [0.1, 0.15) is 90.9 Å². The van der Waals surface area contributed by atoms with E-state index in [2.05, 4.69) is 19.2 Å². The number of unbranched alkanes of at least 4 members (excludes halogenated alkanes) is 8. The highest BCUT2D eigenvalue weighted by molar-refractivity contribution is 5.78. The lowest BCUT2D eigenvalue weighted by Gasteiger charge is -2.17. The summed E-state index contributed by atoms with van der Waals surface area (Å²) in [5.74, 6) is 0.402. The molecular formula is C20H42N2O2. The average molecular weight is 343 g/mol. The van der Waals surface area contributed by atoms with Crippen LogP contribution in [-0.2, 0) is 9.53 Å². The fourth-order valence-corrected chi connectivity index (χ4v) is 2.97. The van der Waals surface area contributed by atoms with Crippen molar-refractivity contribution < 1.29 is 9.53 Å². The van der Waals surface area contributed by atoms with Crippen molar-refractivity contribution in [3.05, 3.63) is 0 Å². The molecule has 0 aliphatic heterocycles. The first-order valence-corrected chi connectivity index (χ1v) is 10.3. The molecule has 0 saturated heterocycles. The van der Waals surface area contributed by atoms with Gasteiger partial charge in [-0.15, -0.1) is 0 Å². The van der Waals surface area contributed by atoms with Gasteiger partial charge in [-0.3, -0.25) is 4.79 Å². The number of hydrogen-bond acceptors (Lipinski definition) is 3. The molecule has 0 saturated carbocycles. The molecule has 0 aromatic carbocycles. The summed E-state index contributed by atoms with van der Waals surface area (Å²) in [7, 11) is 0. The van der Waals surface area contributed by atoms with Crippen LogP contribution in [0.25, 0.3) is 0 Å². The van der Waals surface area contributed by atoms with Crippen LogP contribution in [0.4, 0.5) is 0 Å². The second-order valence-electron chi connectivity index (χ2n) is 6.79. The molecule has 1 atom stereocenters. The van der Waals surface area contributed by atoms with Crippen molar-refractivity contribution in [2.24, 2.45) is 11.7 Å². The molecule has 1 amide bonds. The maximum Gasteiger partial charge on any atom is 0.223 e. The van der Waals surface area contributed by atoms with E-state index in [0.29, 0.717) is 26.3 Å². The molecule has 0 radical (unpaired) electrons. The lowest BCUT2D eigenvalue weighted by Crippen LogP contribution is -2.33. The van der Waals surface area contributed by atoms with Crippen molar-refractivity contribution >= 4 is 5.91 Å². The Kier molecular flexibility index (Phi) is 18.2. The Balaban J connectivity index is 3.98. The van der Waals surface area contributed by atoms with Gasteiger partial charge in [-0.2, -0.15) is 0 Å². The first-order chi connectivity index (χ1) is 11.8. The van der Waals surface area contributed by atoms with Crippen LogP contribution in [0.2, 0.25) is 0 Å². The van der Waals surface area contributed by atoms with Crippen LogP contribution in [0.5, 0.6) is 0 Å². The molecule has 0 spiro atoms. The normalized spacial score (nSPS) is 12.3. The summed E-state index contributed by atoms with van der Waals surface area (Å²) >= 11 is 0. The van der Waals surface area contributed by atoms with Gasteiger partial charge in [0.2, 0.25) is 5.91 Å². The Bertz CT molecular complexity index is 272. The second kappa shape index (κ2) is 18.7. The van der Waals surface area contributed by atoms with Gasteiger partial charge in [-0.05, 0) is 12.8 Å². The van der Waals surface area contributed by atoms with Crippen LogP contribution in [0, 0.1) is 5.92 Å². The van der Waals surface area contributed by atoms with Crippen molar-refractivity contribution in [1.82, 2.24) is 5.32 Å². The number of carbonyl (C=O) groups excluding carboxylic acids is 1. The van der Waals surface area contributed by atoms with Gasteiger partial charge in [0.1, 0.15) is 0 Å². The van der Waals surface area contributed by atoms with Gasteiger partial charge >= 0.3 is 0 Å². The van der Waals surface area contributed by atoms with Gasteiger partial charge in [0.05, 0.1) is 13.2 Å². The zero-order valence-corrected chi connectivity index (χ0v) is 16.3. The third-order valence-corrected chi connectivity index (χ3v) is 4.49. The quantitative estimate of drug-likeness (QED) is 0.363. The summed E-state index contributed by atoms with van der Waals surface area (Å²) < 4.78 is 5.32. The minimum atomic E-state index is 0.183. The second-order valence-corrected chi connectivity index (χ2v) is 6.79. The largest absolute Gasteiger partial charge is 0.378 e. The van der Waals surface area contributed by atoms with Gasteiger partial charge < -0.3 is 15.8 Å². The molecule has 4 nitrogen and oxygen atoms in total. The van der Waals surface area contributed by atoms with E-state index in [1.165, 1.54) is 64.2 Å². The van der Waals surface area contributed by atoms with E-state index in [-0.39, 0.29) is 11.8 Å². The number of nitrogens with two attached hydrogens (primary N) is 1. The number of hydrogen-bond donors (Lipinski definition) is 2. The van der Waals surface area contributed by atoms with Gasteiger partial charge in [0.25, 0.3) is 0 Å². The Morgan fingerprint density at radius 1 is 0.875 bits per heavy atom. The van der Waals surface area contributed by atoms with Crippen molar-refractivity contribution in [3.63, 3.8) is 0 Å². The fraction of sp³-hybridized carbons (Fsp3) is 0.950. The third kappa shape index (κ3) is 14.9. The van der Waals surface area contributed by atoms with Crippen LogP contribution in [-0.4, -0.2) is 32.2 Å². The van der Waals surface area contributed by atoms with Crippen LogP contribution >= 0.6 is 0 Å². The SMILES string of the molecule is CCCCCCCCC(CCCCCC)C(=O)NCCOCCN. The van der Waals surface area contributed by atoms with Gasteiger partial charge in [0.15, 0.2) is 0 Å². The lowest BCUT2D eigenvalue weighted by molar-refractivity contribution is -0.125. The third-order valence-electron chi connectivity index (χ3n) is 4.49. The molecule has 0 fully saturated rings. The summed E-state index contributed by atoms with van der Waals surface area (Å²) in [6.45, 7) is 6.72. The van der Waals surface area contributed by atoms with Crippen molar-refractivity contribution in [3.8, 4) is 0 Å². The Morgan fingerprint density at radius 2 is 1.42 bits per heavy atom. The zero-order chi connectivity index (χ0) is 17.9. The topological polar surface area (TPSA) is 64.3 Å². The van der Waals surface area contributed by atoms with E-state index in [0.717, 1.165) is 12.8 Å². The van der Waals surface area contributed by atoms with Crippen LogP contribution < -0.4 is 11.1 Å². The number of amides is 1. The highest BCUT2D eigenvalue weighted by Crippen LogP contribution is 2.19. The average Bonchev–Trinajstić information content (AvgIpc) is 2.59. The number of carbonyl (C=O) groups is 1. The van der Waals surface area contributed by atoms with E-state index < -0.39 is 0 Å². The molecule has 0 aromatic rings. The van der Waals surface area contributed by atoms with Crippen molar-refractivity contribution in [2.75, 3.05) is 26.3 Å². The first kappa shape index (κ1) is 23.4. The van der Waals surface area contributed by atoms with E-state index in [1.807, 2.05) is 0 Å². The van der Waals surface area contributed by atoms with Gasteiger partial charge in [-0.1, -0.05) is 78.1 Å². The molecule has 0 aromatic heterocycles. The smallest absolute Gasteiger partial charge is 0.223 e. The van der Waals surface area contributed by atoms with Crippen LogP contribution in [0.3, 0.4) is 0 Å². The first-order valence-electron chi connectivity index (χ1n) is 10.3. The molecule has 0 aliphatic carbocycles. The molecular weight excluding hydrogens is 300 g/mol. The molecule has 0 aliphatic rings. The maximum absolute atomic E-state index is 12.4. The minimum Gasteiger partial charge on any atom is -0.378 e. The summed E-state index contributed by atoms with van der Waals surface area (Å²) in [5, 5.41) is 3.04. The number of ether oxygens (including phenoxy) is 1. The molecule has 1 unspecified atom stereocenters. The van der Waals surface area contributed by atoms with Crippen LogP contribution in [0.15, 0.2) is 0 Å². The standard InChI is InChI=1S/C20H42N2O2/c1-3-5-7-9-10-12-14-19(13-11-8-6-4-2)20(23)22-16-18-24-17-15-21/h19H,3-18,21H2,1-2H3,(H,22,23). The van der Waals surface area contributed by atoms with Crippen molar-refractivity contribution in [2.45, 2.75) is 90.9 Å². The Morgan fingerprint density at radius 3 is 2.00 bits per heavy atom. The summed E-state index contributed by atoms with van der Waals surface area (Å²) in [6.07, 6.45) is 14.7. The van der Waals surface area contributed by atoms with Gasteiger partial charge in [-0.25, -0.2) is 0 Å². The molecule has 3 N–H and O–H groups in total. The van der Waals surface area contributed by atoms with E-state index >= 15 is 0 Å². The predicted molar refractivity (Wildman–Crippen MR) is 103 cm³/mol. The Labute approximate surface area is 150 Å². The predicted octanol–water partition coefficient (Wildman–Crippen LogP) is 4.42. The summed E-state index contributed by atoms with van der Waals surface area (Å²) in [6, 6.07) is 0. The maximum atomic E-state index is 12.4. The fourth-order valence-electron chi connectivity index (χ4n) is 2.97. The zero-order valence-electron chi connectivity index (χ0n) is 16.3. The highest BCUT2D eigenvalue weighted by Gasteiger charge is 2.17. The van der Waals surface area contributed by atoms with Crippen molar-refractivity contribution in [1.29, 1.82) is 0 Å². The number of rotatable bonds is 18. The van der Waals surface area contributed by atoms with E-state index in [1.54, 1.807) is 0 Å². The lowest BCUT2D eigenvalue weighted by atomic mass is 9.93. The molecule has 4 heteroatoms. The summed E-state index contributed by atoms with van der Waals surface area (Å²) in [5.41, 5.74) is 5.38. The van der Waals surface area contributed by atoms with E-state index in [4.69, 9.17) is 10.5 Å². The van der Waals surface area contributed by atoms with E-state index in [9.17, 15) is 4.79 Å². The summed E-state index contributed by atoms with van der Waals surface area (Å²) in [4.78, 5) is 12.4. The molecule has 0 heterocycles. The molecule has 24 heavy (non-hydrogen) atoms. The minimum absolute atomic E-state index is 0.183. The van der Waals surface area contributed by atoms with Gasteiger partial charge in [0, 0.05) is 19.0 Å². The monoisotopic (exact) mass is 342 g/mol. The molecule has 144 valence electrons. The Hall–Kier alpha value is -0.610. The molecule has 0 bridgehead atoms. The molecule has 0 rings (SSSR count). The highest BCUT2D eigenvalue weighted by atomic mass is 16.5. The number of nitrogens with one attached hydrogen (secondary N) is 1.